The molecule has 1 atom stereocenters. The number of benzene rings is 1. The first-order valence-corrected chi connectivity index (χ1v) is 7.09. The average Bonchev–Trinajstić information content (AvgIpc) is 2.34. The van der Waals surface area contributed by atoms with Gasteiger partial charge in [0, 0.05) is 23.5 Å². The van der Waals surface area contributed by atoms with Crippen molar-refractivity contribution in [2.45, 2.75) is 33.4 Å². The highest BCUT2D eigenvalue weighted by Gasteiger charge is 2.22. The average molecular weight is 345 g/mol. The lowest BCUT2D eigenvalue weighted by molar-refractivity contribution is -0.129. The molecule has 1 aromatic rings. The molecule has 0 aliphatic heterocycles. The zero-order chi connectivity index (χ0) is 15.3. The first-order chi connectivity index (χ1) is 9.31. The van der Waals surface area contributed by atoms with Crippen LogP contribution in [0.3, 0.4) is 0 Å². The van der Waals surface area contributed by atoms with Gasteiger partial charge < -0.3 is 10.6 Å². The fourth-order valence-corrected chi connectivity index (χ4v) is 2.04. The highest BCUT2D eigenvalue weighted by molar-refractivity contribution is 9.10. The van der Waals surface area contributed by atoms with Gasteiger partial charge in [0.15, 0.2) is 0 Å². The van der Waals surface area contributed by atoms with Crippen LogP contribution < -0.4 is 10.6 Å². The van der Waals surface area contributed by atoms with Crippen molar-refractivity contribution < 1.29 is 14.0 Å². The molecule has 0 radical (unpaired) electrons. The molecular formula is C14H18BrFN2O2. The molecule has 0 heterocycles. The third-order valence-corrected chi connectivity index (χ3v) is 3.27. The van der Waals surface area contributed by atoms with E-state index >= 15 is 0 Å². The molecule has 2 amide bonds. The monoisotopic (exact) mass is 344 g/mol. The van der Waals surface area contributed by atoms with Crippen LogP contribution in [0.5, 0.6) is 0 Å². The molecule has 0 aromatic heterocycles. The second kappa shape index (κ2) is 7.38. The van der Waals surface area contributed by atoms with E-state index in [0.717, 1.165) is 0 Å². The number of rotatable bonds is 5. The van der Waals surface area contributed by atoms with Crippen molar-refractivity contribution in [2.24, 2.45) is 5.92 Å². The van der Waals surface area contributed by atoms with Crippen LogP contribution in [0.15, 0.2) is 22.7 Å². The maximum atomic E-state index is 13.6. The molecule has 0 fully saturated rings. The summed E-state index contributed by atoms with van der Waals surface area (Å²) < 4.78 is 14.3. The summed E-state index contributed by atoms with van der Waals surface area (Å²) in [5.41, 5.74) is 0.395. The van der Waals surface area contributed by atoms with E-state index in [0.29, 0.717) is 10.0 Å². The van der Waals surface area contributed by atoms with E-state index in [-0.39, 0.29) is 30.1 Å². The number of halogens is 2. The van der Waals surface area contributed by atoms with E-state index < -0.39 is 6.04 Å². The fourth-order valence-electron chi connectivity index (χ4n) is 1.71. The lowest BCUT2D eigenvalue weighted by Gasteiger charge is -2.21. The molecule has 20 heavy (non-hydrogen) atoms. The Balaban J connectivity index is 2.67. The molecule has 110 valence electrons. The second-order valence-corrected chi connectivity index (χ2v) is 5.79. The number of amides is 2. The van der Waals surface area contributed by atoms with Crippen LogP contribution in [0.1, 0.15) is 26.3 Å². The molecule has 4 nitrogen and oxygen atoms in total. The lowest BCUT2D eigenvalue weighted by Crippen LogP contribution is -2.48. The molecule has 0 aliphatic rings. The molecule has 0 saturated heterocycles. The summed E-state index contributed by atoms with van der Waals surface area (Å²) in [7, 11) is 0. The summed E-state index contributed by atoms with van der Waals surface area (Å²) in [5.74, 6) is -1.03. The number of carbonyl (C=O) groups excluding carboxylic acids is 2. The van der Waals surface area contributed by atoms with Gasteiger partial charge in [-0.15, -0.1) is 0 Å². The van der Waals surface area contributed by atoms with Crippen LogP contribution in [-0.4, -0.2) is 17.9 Å². The molecule has 0 spiro atoms. The molecule has 2 N–H and O–H groups in total. The number of hydrogen-bond donors (Lipinski definition) is 2. The molecular weight excluding hydrogens is 327 g/mol. The molecule has 0 saturated carbocycles. The van der Waals surface area contributed by atoms with Crippen LogP contribution in [0.2, 0.25) is 0 Å². The number of nitrogens with one attached hydrogen (secondary N) is 2. The molecule has 0 unspecified atom stereocenters. The molecule has 0 bridgehead atoms. The molecule has 0 aliphatic carbocycles. The second-order valence-electron chi connectivity index (χ2n) is 4.88. The summed E-state index contributed by atoms with van der Waals surface area (Å²) in [6.07, 6.45) is 0. The van der Waals surface area contributed by atoms with Gasteiger partial charge in [0.25, 0.3) is 0 Å². The Morgan fingerprint density at radius 1 is 1.35 bits per heavy atom. The SMILES string of the molecule is CC(=O)N[C@H](C(=O)NCc1ccc(Br)cc1F)C(C)C. The van der Waals surface area contributed by atoms with Gasteiger partial charge >= 0.3 is 0 Å². The first kappa shape index (κ1) is 16.6. The summed E-state index contributed by atoms with van der Waals surface area (Å²) in [6, 6.07) is 4.03. The summed E-state index contributed by atoms with van der Waals surface area (Å²) in [6.45, 7) is 5.11. The van der Waals surface area contributed by atoms with E-state index in [1.807, 2.05) is 13.8 Å². The van der Waals surface area contributed by atoms with Gasteiger partial charge in [-0.1, -0.05) is 35.8 Å². The van der Waals surface area contributed by atoms with Gasteiger partial charge in [-0.05, 0) is 18.1 Å². The Kier molecular flexibility index (Phi) is 6.13. The number of carbonyl (C=O) groups is 2. The Morgan fingerprint density at radius 2 is 2.00 bits per heavy atom. The van der Waals surface area contributed by atoms with E-state index in [2.05, 4.69) is 26.6 Å². The Bertz CT molecular complexity index is 506. The highest BCUT2D eigenvalue weighted by Crippen LogP contribution is 2.15. The van der Waals surface area contributed by atoms with Crippen LogP contribution in [0.4, 0.5) is 4.39 Å². The van der Waals surface area contributed by atoms with Gasteiger partial charge in [0.2, 0.25) is 11.8 Å². The van der Waals surface area contributed by atoms with Crippen LogP contribution >= 0.6 is 15.9 Å². The van der Waals surface area contributed by atoms with Crippen molar-refractivity contribution in [3.63, 3.8) is 0 Å². The normalized spacial score (nSPS) is 12.1. The minimum atomic E-state index is -0.619. The van der Waals surface area contributed by atoms with Crippen molar-refractivity contribution in [3.05, 3.63) is 34.1 Å². The summed E-state index contributed by atoms with van der Waals surface area (Å²) in [5, 5.41) is 5.22. The molecule has 1 aromatic carbocycles. The smallest absolute Gasteiger partial charge is 0.243 e. The van der Waals surface area contributed by atoms with Gasteiger partial charge in [0.1, 0.15) is 11.9 Å². The van der Waals surface area contributed by atoms with Gasteiger partial charge in [-0.25, -0.2) is 4.39 Å². The van der Waals surface area contributed by atoms with Crippen molar-refractivity contribution in [2.75, 3.05) is 0 Å². The topological polar surface area (TPSA) is 58.2 Å². The molecule has 1 rings (SSSR count). The Labute approximate surface area is 126 Å². The molecule has 6 heteroatoms. The fraction of sp³-hybridized carbons (Fsp3) is 0.429. The highest BCUT2D eigenvalue weighted by atomic mass is 79.9. The maximum absolute atomic E-state index is 13.6. The van der Waals surface area contributed by atoms with E-state index in [4.69, 9.17) is 0 Å². The standard InChI is InChI=1S/C14H18BrFN2O2/c1-8(2)13(18-9(3)19)14(20)17-7-10-4-5-11(15)6-12(10)16/h4-6,8,13H,7H2,1-3H3,(H,17,20)(H,18,19)/t13-/m0/s1. The third kappa shape index (κ3) is 4.92. The summed E-state index contributed by atoms with van der Waals surface area (Å²) in [4.78, 5) is 23.1. The summed E-state index contributed by atoms with van der Waals surface area (Å²) >= 11 is 3.17. The zero-order valence-corrected chi connectivity index (χ0v) is 13.3. The zero-order valence-electron chi connectivity index (χ0n) is 11.7. The van der Waals surface area contributed by atoms with Gasteiger partial charge in [-0.3, -0.25) is 9.59 Å². The van der Waals surface area contributed by atoms with Gasteiger partial charge in [-0.2, -0.15) is 0 Å². The van der Waals surface area contributed by atoms with Crippen molar-refractivity contribution in [3.8, 4) is 0 Å². The third-order valence-electron chi connectivity index (χ3n) is 2.78. The van der Waals surface area contributed by atoms with Crippen LogP contribution in [-0.2, 0) is 16.1 Å². The van der Waals surface area contributed by atoms with Crippen LogP contribution in [0.25, 0.3) is 0 Å². The van der Waals surface area contributed by atoms with E-state index in [1.165, 1.54) is 13.0 Å². The maximum Gasteiger partial charge on any atom is 0.243 e. The minimum Gasteiger partial charge on any atom is -0.350 e. The predicted molar refractivity (Wildman–Crippen MR) is 78.4 cm³/mol. The van der Waals surface area contributed by atoms with E-state index in [1.54, 1.807) is 12.1 Å². The minimum absolute atomic E-state index is 0.0475. The Hall–Kier alpha value is -1.43. The van der Waals surface area contributed by atoms with E-state index in [9.17, 15) is 14.0 Å². The van der Waals surface area contributed by atoms with Crippen molar-refractivity contribution in [1.82, 2.24) is 10.6 Å². The Morgan fingerprint density at radius 3 is 2.50 bits per heavy atom. The lowest BCUT2D eigenvalue weighted by atomic mass is 10.0. The quantitative estimate of drug-likeness (QED) is 0.861. The number of hydrogen-bond acceptors (Lipinski definition) is 2. The van der Waals surface area contributed by atoms with Crippen molar-refractivity contribution in [1.29, 1.82) is 0 Å². The van der Waals surface area contributed by atoms with Crippen LogP contribution in [0, 0.1) is 11.7 Å². The van der Waals surface area contributed by atoms with Gasteiger partial charge in [0.05, 0.1) is 0 Å². The first-order valence-electron chi connectivity index (χ1n) is 6.30. The predicted octanol–water partition coefficient (Wildman–Crippen LogP) is 2.37. The van der Waals surface area contributed by atoms with Crippen molar-refractivity contribution >= 4 is 27.7 Å². The largest absolute Gasteiger partial charge is 0.350 e.